The number of rotatable bonds is 32. The number of carbonyl (C=O) groups is 1. The molecule has 0 bridgehead atoms. The van der Waals surface area contributed by atoms with Gasteiger partial charge in [0, 0.05) is 13.2 Å². The standard InChI is InChI=1S/C37H70O8/c1-4-7-9-11-13-15-17-18-20-22-24-26-29-43-36-35(42-28-25-23-21-19-16-14-12-10-8-5-2)34(40)32(30-38)45-37(36)44-31-33(39)41-27-6-3/h6,32,34-38,40H,3-5,7-31H2,1-2H3/t32-,34-,35+,36-,37?/m1/s1/i29D/t29?,32-,34-,35+,36-,37?. The van der Waals surface area contributed by atoms with Gasteiger partial charge in [0.15, 0.2) is 6.29 Å². The Labute approximate surface area is 277 Å². The van der Waals surface area contributed by atoms with Crippen molar-refractivity contribution < 1.29 is 40.1 Å². The Hall–Kier alpha value is -1.03. The Morgan fingerprint density at radius 3 is 1.71 bits per heavy atom. The number of aliphatic hydroxyl groups excluding tert-OH is 2. The Bertz CT molecular complexity index is 711. The molecule has 1 heterocycles. The average molecular weight is 644 g/mol. The summed E-state index contributed by atoms with van der Waals surface area (Å²) in [5, 5.41) is 21.0. The van der Waals surface area contributed by atoms with Crippen LogP contribution in [0.2, 0.25) is 0 Å². The number of esters is 1. The Morgan fingerprint density at radius 1 is 0.733 bits per heavy atom. The quantitative estimate of drug-likeness (QED) is 0.0430. The lowest BCUT2D eigenvalue weighted by Crippen LogP contribution is -2.61. The molecule has 1 saturated heterocycles. The van der Waals surface area contributed by atoms with E-state index in [9.17, 15) is 15.0 Å². The fraction of sp³-hybridized carbons (Fsp3) is 0.919. The van der Waals surface area contributed by atoms with E-state index in [0.29, 0.717) is 13.0 Å². The highest BCUT2D eigenvalue weighted by molar-refractivity contribution is 5.70. The minimum absolute atomic E-state index is 0.0595. The molecule has 1 aliphatic heterocycles. The summed E-state index contributed by atoms with van der Waals surface area (Å²) in [4.78, 5) is 12.1. The van der Waals surface area contributed by atoms with Gasteiger partial charge in [0.05, 0.1) is 7.98 Å². The first kappa shape index (κ1) is 40.1. The van der Waals surface area contributed by atoms with E-state index in [2.05, 4.69) is 20.4 Å². The van der Waals surface area contributed by atoms with Crippen molar-refractivity contribution in [3.8, 4) is 0 Å². The van der Waals surface area contributed by atoms with E-state index in [1.807, 2.05) is 0 Å². The molecule has 1 fully saturated rings. The first-order valence-corrected chi connectivity index (χ1v) is 18.5. The van der Waals surface area contributed by atoms with E-state index in [0.717, 1.165) is 38.5 Å². The molecule has 0 aromatic carbocycles. The van der Waals surface area contributed by atoms with E-state index in [1.54, 1.807) is 0 Å². The van der Waals surface area contributed by atoms with Crippen LogP contribution in [0, 0.1) is 0 Å². The van der Waals surface area contributed by atoms with Crippen molar-refractivity contribution >= 4 is 5.97 Å². The highest BCUT2D eigenvalue weighted by Gasteiger charge is 2.47. The second-order valence-corrected chi connectivity index (χ2v) is 12.6. The van der Waals surface area contributed by atoms with Crippen LogP contribution < -0.4 is 0 Å². The number of hydrogen-bond donors (Lipinski definition) is 2. The topological polar surface area (TPSA) is 104 Å². The number of unbranched alkanes of at least 4 members (excludes halogenated alkanes) is 19. The summed E-state index contributed by atoms with van der Waals surface area (Å²) in [6.07, 6.45) is 22.4. The van der Waals surface area contributed by atoms with Crippen LogP contribution in [0.4, 0.5) is 0 Å². The minimum atomic E-state index is -1.17. The normalized spacial score (nSPS) is 22.7. The molecule has 6 atom stereocenters. The molecule has 0 spiro atoms. The Kier molecular flexibility index (Phi) is 27.0. The number of hydrogen-bond acceptors (Lipinski definition) is 8. The zero-order valence-electron chi connectivity index (χ0n) is 30.0. The number of carbonyl (C=O) groups excluding carboxylic acids is 1. The van der Waals surface area contributed by atoms with Crippen LogP contribution in [0.25, 0.3) is 0 Å². The molecule has 266 valence electrons. The highest BCUT2D eigenvalue weighted by atomic mass is 16.7. The lowest BCUT2D eigenvalue weighted by molar-refractivity contribution is -0.315. The lowest BCUT2D eigenvalue weighted by atomic mass is 9.98. The number of aliphatic hydroxyl groups is 2. The van der Waals surface area contributed by atoms with Crippen molar-refractivity contribution in [1.29, 1.82) is 0 Å². The zero-order chi connectivity index (χ0) is 33.7. The van der Waals surface area contributed by atoms with Crippen LogP contribution in [0.15, 0.2) is 12.7 Å². The van der Waals surface area contributed by atoms with Gasteiger partial charge in [-0.2, -0.15) is 0 Å². The van der Waals surface area contributed by atoms with Crippen LogP contribution in [-0.4, -0.2) is 79.9 Å². The molecule has 0 aromatic heterocycles. The van der Waals surface area contributed by atoms with Gasteiger partial charge < -0.3 is 33.9 Å². The van der Waals surface area contributed by atoms with Crippen molar-refractivity contribution in [3.63, 3.8) is 0 Å². The van der Waals surface area contributed by atoms with Crippen LogP contribution in [0.3, 0.4) is 0 Å². The molecular weight excluding hydrogens is 572 g/mol. The first-order chi connectivity index (χ1) is 22.5. The fourth-order valence-corrected chi connectivity index (χ4v) is 5.73. The van der Waals surface area contributed by atoms with Crippen molar-refractivity contribution in [3.05, 3.63) is 12.7 Å². The third-order valence-corrected chi connectivity index (χ3v) is 8.51. The summed E-state index contributed by atoms with van der Waals surface area (Å²) >= 11 is 0. The van der Waals surface area contributed by atoms with Gasteiger partial charge in [-0.1, -0.05) is 155 Å². The van der Waals surface area contributed by atoms with Crippen molar-refractivity contribution in [2.24, 2.45) is 0 Å². The molecule has 2 N–H and O–H groups in total. The van der Waals surface area contributed by atoms with Crippen LogP contribution in [0.5, 0.6) is 0 Å². The van der Waals surface area contributed by atoms with E-state index < -0.39 is 56.5 Å². The predicted octanol–water partition coefficient (Wildman–Crippen LogP) is 8.20. The maximum absolute atomic E-state index is 12.1. The maximum Gasteiger partial charge on any atom is 0.332 e. The van der Waals surface area contributed by atoms with E-state index in [4.69, 9.17) is 25.1 Å². The minimum Gasteiger partial charge on any atom is -0.460 e. The molecule has 0 amide bonds. The molecule has 0 radical (unpaired) electrons. The predicted molar refractivity (Wildman–Crippen MR) is 181 cm³/mol. The number of ether oxygens (including phenoxy) is 5. The largest absolute Gasteiger partial charge is 0.460 e. The molecule has 2 unspecified atom stereocenters. The molecule has 8 nitrogen and oxygen atoms in total. The second kappa shape index (κ2) is 30.3. The molecule has 45 heavy (non-hydrogen) atoms. The van der Waals surface area contributed by atoms with Gasteiger partial charge in [0.25, 0.3) is 0 Å². The smallest absolute Gasteiger partial charge is 0.332 e. The molecule has 1 rings (SSSR count). The van der Waals surface area contributed by atoms with Crippen molar-refractivity contribution in [2.45, 2.75) is 186 Å². The second-order valence-electron chi connectivity index (χ2n) is 12.6. The van der Waals surface area contributed by atoms with Gasteiger partial charge in [-0.25, -0.2) is 4.79 Å². The average Bonchev–Trinajstić information content (AvgIpc) is 3.05. The molecule has 1 aliphatic rings. The molecule has 0 aliphatic carbocycles. The third kappa shape index (κ3) is 21.5. The lowest BCUT2D eigenvalue weighted by Gasteiger charge is -2.43. The molecule has 0 aromatic rings. The van der Waals surface area contributed by atoms with E-state index in [1.165, 1.54) is 102 Å². The van der Waals surface area contributed by atoms with Gasteiger partial charge in [0.2, 0.25) is 0 Å². The van der Waals surface area contributed by atoms with Gasteiger partial charge in [-0.05, 0) is 12.8 Å². The summed E-state index contributed by atoms with van der Waals surface area (Å²) in [5.74, 6) is -0.597. The summed E-state index contributed by atoms with van der Waals surface area (Å²) in [6.45, 7) is 6.77. The Morgan fingerprint density at radius 2 is 1.22 bits per heavy atom. The highest BCUT2D eigenvalue weighted by Crippen LogP contribution is 2.28. The van der Waals surface area contributed by atoms with Gasteiger partial charge in [-0.15, -0.1) is 0 Å². The van der Waals surface area contributed by atoms with Crippen LogP contribution >= 0.6 is 0 Å². The van der Waals surface area contributed by atoms with Gasteiger partial charge in [-0.3, -0.25) is 0 Å². The summed E-state index contributed by atoms with van der Waals surface area (Å²) < 4.78 is 37.5. The molecule has 8 heteroatoms. The Balaban J connectivity index is 2.60. The van der Waals surface area contributed by atoms with E-state index in [-0.39, 0.29) is 6.61 Å². The summed E-state index contributed by atoms with van der Waals surface area (Å²) in [6, 6.07) is 0. The van der Waals surface area contributed by atoms with Gasteiger partial charge >= 0.3 is 5.97 Å². The molecule has 0 saturated carbocycles. The van der Waals surface area contributed by atoms with Gasteiger partial charge in [0.1, 0.15) is 37.6 Å². The van der Waals surface area contributed by atoms with Crippen LogP contribution in [0.1, 0.15) is 156 Å². The first-order valence-electron chi connectivity index (χ1n) is 19.1. The summed E-state index contributed by atoms with van der Waals surface area (Å²) in [5.41, 5.74) is 0. The molecular formula is C37H70O8. The third-order valence-electron chi connectivity index (χ3n) is 8.51. The van der Waals surface area contributed by atoms with Crippen molar-refractivity contribution in [2.75, 3.05) is 33.0 Å². The fourth-order valence-electron chi connectivity index (χ4n) is 5.73. The SMILES string of the molecule is [2H]C(CCCCCCCCCCCCC)O[C@H]1C(OCC(=O)OCC=C)O[C@H](CO)[C@@H](O)[C@@H]1OCCCCCCCCCCCC. The summed E-state index contributed by atoms with van der Waals surface area (Å²) in [7, 11) is 0. The zero-order valence-corrected chi connectivity index (χ0v) is 29.0. The van der Waals surface area contributed by atoms with E-state index >= 15 is 0 Å². The monoisotopic (exact) mass is 644 g/mol. The maximum atomic E-state index is 12.1. The van der Waals surface area contributed by atoms with Crippen molar-refractivity contribution in [1.82, 2.24) is 0 Å². The van der Waals surface area contributed by atoms with Crippen LogP contribution in [-0.2, 0) is 28.5 Å².